The minimum Gasteiger partial charge on any atom is -0.455 e. The Kier molecular flexibility index (Phi) is 16.2. The van der Waals surface area contributed by atoms with Crippen LogP contribution in [-0.4, -0.2) is 23.0 Å². The summed E-state index contributed by atoms with van der Waals surface area (Å²) in [5, 5.41) is 3.85. The molecule has 1 saturated carbocycles. The van der Waals surface area contributed by atoms with Crippen LogP contribution in [0.2, 0.25) is 19.6 Å². The predicted octanol–water partition coefficient (Wildman–Crippen LogP) is 16.1. The maximum absolute atomic E-state index is 6.44. The maximum Gasteiger partial charge on any atom is 0.145 e. The summed E-state index contributed by atoms with van der Waals surface area (Å²) in [6.07, 6.45) is 13.6. The average molecular weight is 1060 g/mol. The molecule has 4 aromatic heterocycles. The van der Waals surface area contributed by atoms with Crippen LogP contribution in [-0.2, 0) is 32.9 Å². The van der Waals surface area contributed by atoms with E-state index in [0.29, 0.717) is 5.92 Å². The van der Waals surface area contributed by atoms with E-state index >= 15 is 0 Å². The van der Waals surface area contributed by atoms with E-state index in [-0.39, 0.29) is 20.1 Å². The maximum atomic E-state index is 6.44. The monoisotopic (exact) mass is 1060 g/mol. The summed E-state index contributed by atoms with van der Waals surface area (Å²) >= 11 is 0. The number of aryl methyl sites for hydroxylation is 2. The van der Waals surface area contributed by atoms with Crippen LogP contribution >= 0.6 is 0 Å². The van der Waals surface area contributed by atoms with Crippen molar-refractivity contribution in [2.45, 2.75) is 91.8 Å². The van der Waals surface area contributed by atoms with E-state index in [1.54, 1.807) is 0 Å². The van der Waals surface area contributed by atoms with Crippen LogP contribution in [0, 0.1) is 12.8 Å². The van der Waals surface area contributed by atoms with E-state index in [4.69, 9.17) is 14.4 Å². The molecule has 4 heterocycles. The summed E-state index contributed by atoms with van der Waals surface area (Å²) in [5.74, 6) is 1.37. The van der Waals surface area contributed by atoms with Gasteiger partial charge in [-0.25, -0.2) is 0 Å². The quantitative estimate of drug-likeness (QED) is 0.135. The smallest absolute Gasteiger partial charge is 0.145 e. The normalized spacial score (nSPS) is 12.6. The molecule has 0 saturated heterocycles. The molecule has 9 aromatic rings. The molecule has 0 N–H and O–H groups in total. The van der Waals surface area contributed by atoms with Crippen molar-refractivity contribution in [1.82, 2.24) is 15.0 Å². The molecule has 1 radical (unpaired) electrons. The molecule has 6 heteroatoms. The zero-order valence-electron chi connectivity index (χ0n) is 39.6. The van der Waals surface area contributed by atoms with Crippen molar-refractivity contribution in [3.05, 3.63) is 193 Å². The van der Waals surface area contributed by atoms with Gasteiger partial charge in [0, 0.05) is 66.2 Å². The fourth-order valence-electron chi connectivity index (χ4n) is 9.16. The first-order chi connectivity index (χ1) is 31.6. The van der Waals surface area contributed by atoms with E-state index in [1.807, 2.05) is 36.7 Å². The molecule has 0 atom stereocenters. The first kappa shape index (κ1) is 48.2. The minimum atomic E-state index is -1.33. The van der Waals surface area contributed by atoms with Crippen LogP contribution in [0.3, 0.4) is 0 Å². The van der Waals surface area contributed by atoms with E-state index < -0.39 is 8.07 Å². The molecule has 0 bridgehead atoms. The van der Waals surface area contributed by atoms with Gasteiger partial charge in [0.1, 0.15) is 11.2 Å². The van der Waals surface area contributed by atoms with E-state index in [1.165, 1.54) is 86.2 Å². The fourth-order valence-corrected chi connectivity index (χ4v) is 10.8. The summed E-state index contributed by atoms with van der Waals surface area (Å²) < 4.78 is 6.44. The number of hydrogen-bond donors (Lipinski definition) is 0. The van der Waals surface area contributed by atoms with Gasteiger partial charge in [0.2, 0.25) is 0 Å². The summed E-state index contributed by atoms with van der Waals surface area (Å²) in [4.78, 5) is 13.8. The van der Waals surface area contributed by atoms with E-state index in [0.717, 1.165) is 52.6 Å². The van der Waals surface area contributed by atoms with Crippen LogP contribution in [0.25, 0.3) is 66.8 Å². The van der Waals surface area contributed by atoms with E-state index in [9.17, 15) is 0 Å². The Hall–Kier alpha value is -5.78. The molecule has 337 valence electrons. The Morgan fingerprint density at radius 1 is 0.606 bits per heavy atom. The summed E-state index contributed by atoms with van der Waals surface area (Å²) in [5.41, 5.74) is 16.3. The first-order valence-electron chi connectivity index (χ1n) is 23.6. The SMILES string of the molecule is CC(C)c1cc(-c2ccccc2)ncc1[Si](C)(C)C.CCc1ccnc(-c2ccccc2)c1.Cc1ccc(-c2cc(CC3CCCC3)ccn2)c2oc3ccc(-c4ccccc4)cc3c12.[Ir]. The second kappa shape index (κ2) is 22.1. The molecule has 0 spiro atoms. The third kappa shape index (κ3) is 11.6. The molecule has 4 nitrogen and oxygen atoms in total. The van der Waals surface area contributed by atoms with Gasteiger partial charge in [-0.05, 0) is 119 Å². The Morgan fingerprint density at radius 3 is 1.79 bits per heavy atom. The van der Waals surface area contributed by atoms with Gasteiger partial charge in [-0.3, -0.25) is 15.0 Å². The van der Waals surface area contributed by atoms with Gasteiger partial charge in [-0.2, -0.15) is 0 Å². The van der Waals surface area contributed by atoms with Gasteiger partial charge in [0.15, 0.2) is 0 Å². The van der Waals surface area contributed by atoms with Gasteiger partial charge >= 0.3 is 0 Å². The summed E-state index contributed by atoms with van der Waals surface area (Å²) in [6, 6.07) is 53.1. The number of fused-ring (bicyclic) bond motifs is 3. The molecule has 66 heavy (non-hydrogen) atoms. The van der Waals surface area contributed by atoms with Crippen LogP contribution in [0.4, 0.5) is 0 Å². The molecule has 5 aromatic carbocycles. The average Bonchev–Trinajstić information content (AvgIpc) is 4.01. The van der Waals surface area contributed by atoms with Crippen molar-refractivity contribution in [3.63, 3.8) is 0 Å². The van der Waals surface area contributed by atoms with Gasteiger partial charge in [0.05, 0.1) is 25.2 Å². The van der Waals surface area contributed by atoms with Crippen molar-refractivity contribution >= 4 is 35.2 Å². The van der Waals surface area contributed by atoms with E-state index in [2.05, 4.69) is 186 Å². The number of benzene rings is 5. The van der Waals surface area contributed by atoms with Crippen molar-refractivity contribution < 1.29 is 24.5 Å². The van der Waals surface area contributed by atoms with Gasteiger partial charge < -0.3 is 4.42 Å². The van der Waals surface area contributed by atoms with Crippen LogP contribution < -0.4 is 5.19 Å². The Balaban J connectivity index is 0.000000162. The third-order valence-electron chi connectivity index (χ3n) is 12.8. The number of pyridine rings is 3. The number of furan rings is 1. The van der Waals surface area contributed by atoms with Crippen molar-refractivity contribution in [3.8, 4) is 44.9 Å². The molecular formula is C60H63IrN3OSi. The zero-order valence-corrected chi connectivity index (χ0v) is 43.0. The fraction of sp³-hybridized carbons (Fsp3) is 0.250. The second-order valence-electron chi connectivity index (χ2n) is 18.9. The van der Waals surface area contributed by atoms with Crippen LogP contribution in [0.1, 0.15) is 74.6 Å². The van der Waals surface area contributed by atoms with Gasteiger partial charge in [-0.15, -0.1) is 0 Å². The molecular weight excluding hydrogens is 999 g/mol. The summed E-state index contributed by atoms with van der Waals surface area (Å²) in [6.45, 7) is 16.0. The Morgan fingerprint density at radius 2 is 1.18 bits per heavy atom. The molecule has 0 aliphatic heterocycles. The molecule has 10 rings (SSSR count). The van der Waals surface area contributed by atoms with Gasteiger partial charge in [-0.1, -0.05) is 169 Å². The molecule has 0 amide bonds. The predicted molar refractivity (Wildman–Crippen MR) is 279 cm³/mol. The molecule has 1 fully saturated rings. The van der Waals surface area contributed by atoms with Crippen molar-refractivity contribution in [2.24, 2.45) is 5.92 Å². The minimum absolute atomic E-state index is 0. The third-order valence-corrected chi connectivity index (χ3v) is 14.8. The number of nitrogens with zero attached hydrogens (tertiary/aromatic N) is 3. The molecule has 0 unspecified atom stereocenters. The number of rotatable bonds is 9. The van der Waals surface area contributed by atoms with Crippen LogP contribution in [0.5, 0.6) is 0 Å². The number of hydrogen-bond acceptors (Lipinski definition) is 4. The Labute approximate surface area is 407 Å². The van der Waals surface area contributed by atoms with Crippen molar-refractivity contribution in [2.75, 3.05) is 0 Å². The molecule has 1 aliphatic rings. The zero-order chi connectivity index (χ0) is 45.3. The topological polar surface area (TPSA) is 51.8 Å². The van der Waals surface area contributed by atoms with Crippen molar-refractivity contribution in [1.29, 1.82) is 0 Å². The Bertz CT molecular complexity index is 2970. The van der Waals surface area contributed by atoms with Gasteiger partial charge in [0.25, 0.3) is 0 Å². The largest absolute Gasteiger partial charge is 0.455 e. The number of aromatic nitrogens is 3. The summed E-state index contributed by atoms with van der Waals surface area (Å²) in [7, 11) is -1.33. The molecule has 1 aliphatic carbocycles. The second-order valence-corrected chi connectivity index (χ2v) is 24.0. The first-order valence-corrected chi connectivity index (χ1v) is 27.1. The standard InChI is InChI=1S/C30H27NO.C17H23NSi.C13H13N.Ir/c1-20-11-13-25(27-18-22(15-16-31-27)17-21-7-5-6-8-21)30-29(20)26-19-24(12-14-28(26)32-30)23-9-3-2-4-10-23;1-13(2)15-11-16(14-9-7-6-8-10-14)18-12-17(15)19(3,4)5;1-2-11-8-9-14-13(10-11)12-6-4-3-5-7-12;/h2-4,9-16,18-19,21H,5-8,17H2,1H3;6-13H,1-5H3;3-10H,2H2,1H3;. The van der Waals surface area contributed by atoms with Crippen LogP contribution in [0.15, 0.2) is 175 Å².